The molecule has 0 atom stereocenters. The molecular weight excluding hydrogens is 338 g/mol. The molecule has 2 N–H and O–H groups in total. The van der Waals surface area contributed by atoms with Gasteiger partial charge in [-0.15, -0.1) is 0 Å². The Bertz CT molecular complexity index is 718. The van der Waals surface area contributed by atoms with E-state index in [1.54, 1.807) is 31.2 Å². The highest BCUT2D eigenvalue weighted by molar-refractivity contribution is 9.10. The number of benzene rings is 1. The molecule has 1 aromatic heterocycles. The summed E-state index contributed by atoms with van der Waals surface area (Å²) in [6.45, 7) is 1.73. The minimum absolute atomic E-state index is 0.182. The summed E-state index contributed by atoms with van der Waals surface area (Å²) in [5, 5.41) is 11.6. The number of rotatable bonds is 4. The van der Waals surface area contributed by atoms with Crippen LogP contribution >= 0.6 is 15.9 Å². The summed E-state index contributed by atoms with van der Waals surface area (Å²) < 4.78 is 5.82. The Hall–Kier alpha value is -2.34. The Morgan fingerprint density at radius 1 is 1.29 bits per heavy atom. The monoisotopic (exact) mass is 349 g/mol. The number of amides is 1. The molecule has 0 saturated heterocycles. The van der Waals surface area contributed by atoms with Crippen LogP contribution < -0.4 is 5.32 Å². The van der Waals surface area contributed by atoms with Crippen LogP contribution in [0.15, 0.2) is 45.5 Å². The molecule has 0 spiro atoms. The van der Waals surface area contributed by atoms with Gasteiger partial charge in [0.1, 0.15) is 5.76 Å². The third kappa shape index (κ3) is 4.06. The summed E-state index contributed by atoms with van der Waals surface area (Å²) in [5.74, 6) is -0.775. The Morgan fingerprint density at radius 3 is 2.62 bits per heavy atom. The van der Waals surface area contributed by atoms with E-state index in [4.69, 9.17) is 9.52 Å². The number of carboxylic acids is 1. The minimum Gasteiger partial charge on any atom is -0.478 e. The van der Waals surface area contributed by atoms with Crippen molar-refractivity contribution in [1.82, 2.24) is 0 Å². The third-order valence-electron chi connectivity index (χ3n) is 2.72. The van der Waals surface area contributed by atoms with Crippen LogP contribution in [-0.4, -0.2) is 17.0 Å². The van der Waals surface area contributed by atoms with Crippen molar-refractivity contribution < 1.29 is 19.1 Å². The summed E-state index contributed by atoms with van der Waals surface area (Å²) in [5.41, 5.74) is 1.43. The van der Waals surface area contributed by atoms with E-state index in [9.17, 15) is 9.59 Å². The summed E-state index contributed by atoms with van der Waals surface area (Å²) in [6.07, 6.45) is 2.89. The SMILES string of the molecule is Cc1cc(C(=O)O)ccc1NC(=O)/C=C/c1ccc(Br)o1. The normalized spacial score (nSPS) is 10.8. The molecule has 6 heteroatoms. The number of furan rings is 1. The van der Waals surface area contributed by atoms with Gasteiger partial charge in [0.05, 0.1) is 5.56 Å². The number of carbonyl (C=O) groups is 2. The van der Waals surface area contributed by atoms with Crippen molar-refractivity contribution in [3.8, 4) is 0 Å². The van der Waals surface area contributed by atoms with Gasteiger partial charge in [-0.3, -0.25) is 4.79 Å². The second-order valence-electron chi connectivity index (χ2n) is 4.30. The van der Waals surface area contributed by atoms with Crippen LogP contribution in [0, 0.1) is 6.92 Å². The van der Waals surface area contributed by atoms with Gasteiger partial charge in [-0.25, -0.2) is 4.79 Å². The molecule has 5 nitrogen and oxygen atoms in total. The van der Waals surface area contributed by atoms with Crippen LogP contribution in [0.3, 0.4) is 0 Å². The Morgan fingerprint density at radius 2 is 2.05 bits per heavy atom. The maximum absolute atomic E-state index is 11.8. The lowest BCUT2D eigenvalue weighted by Gasteiger charge is -2.07. The molecule has 0 fully saturated rings. The van der Waals surface area contributed by atoms with Crippen LogP contribution in [0.2, 0.25) is 0 Å². The van der Waals surface area contributed by atoms with Gasteiger partial charge in [0.15, 0.2) is 4.67 Å². The van der Waals surface area contributed by atoms with Gasteiger partial charge in [0.2, 0.25) is 5.91 Å². The van der Waals surface area contributed by atoms with Crippen molar-refractivity contribution in [2.24, 2.45) is 0 Å². The van der Waals surface area contributed by atoms with E-state index in [1.807, 2.05) is 0 Å². The van der Waals surface area contributed by atoms with Crippen molar-refractivity contribution in [2.45, 2.75) is 6.92 Å². The van der Waals surface area contributed by atoms with Gasteiger partial charge in [-0.05, 0) is 64.8 Å². The summed E-state index contributed by atoms with van der Waals surface area (Å²) >= 11 is 3.17. The third-order valence-corrected chi connectivity index (χ3v) is 3.15. The number of aryl methyl sites for hydroxylation is 1. The van der Waals surface area contributed by atoms with Crippen molar-refractivity contribution in [2.75, 3.05) is 5.32 Å². The molecule has 0 unspecified atom stereocenters. The maximum atomic E-state index is 11.8. The maximum Gasteiger partial charge on any atom is 0.335 e. The lowest BCUT2D eigenvalue weighted by atomic mass is 10.1. The van der Waals surface area contributed by atoms with Crippen molar-refractivity contribution >= 4 is 39.6 Å². The largest absolute Gasteiger partial charge is 0.478 e. The van der Waals surface area contributed by atoms with E-state index in [1.165, 1.54) is 18.2 Å². The summed E-state index contributed by atoms with van der Waals surface area (Å²) in [7, 11) is 0. The predicted molar refractivity (Wildman–Crippen MR) is 82.2 cm³/mol. The number of hydrogen-bond acceptors (Lipinski definition) is 3. The Balaban J connectivity index is 2.06. The van der Waals surface area contributed by atoms with Crippen molar-refractivity contribution in [1.29, 1.82) is 0 Å². The minimum atomic E-state index is -1.00. The number of carboxylic acid groups (broad SMARTS) is 1. The van der Waals surface area contributed by atoms with Crippen molar-refractivity contribution in [3.63, 3.8) is 0 Å². The zero-order valence-corrected chi connectivity index (χ0v) is 12.7. The molecule has 0 aliphatic rings. The first-order chi connectivity index (χ1) is 9.95. The molecule has 1 amide bonds. The fourth-order valence-electron chi connectivity index (χ4n) is 1.69. The van der Waals surface area contributed by atoms with E-state index in [0.717, 1.165) is 0 Å². The second-order valence-corrected chi connectivity index (χ2v) is 5.08. The molecule has 0 bridgehead atoms. The molecule has 1 aromatic carbocycles. The van der Waals surface area contributed by atoms with E-state index >= 15 is 0 Å². The van der Waals surface area contributed by atoms with E-state index in [0.29, 0.717) is 21.7 Å². The first-order valence-corrected chi connectivity index (χ1v) is 6.83. The number of hydrogen-bond donors (Lipinski definition) is 2. The standard InChI is InChI=1S/C15H12BrNO4/c1-9-8-10(15(19)20)2-5-12(9)17-14(18)7-4-11-3-6-13(16)21-11/h2-8H,1H3,(H,17,18)(H,19,20)/b7-4+. The zero-order valence-electron chi connectivity index (χ0n) is 11.1. The highest BCUT2D eigenvalue weighted by Crippen LogP contribution is 2.17. The molecule has 21 heavy (non-hydrogen) atoms. The molecule has 0 radical (unpaired) electrons. The van der Waals surface area contributed by atoms with Crippen LogP contribution in [0.4, 0.5) is 5.69 Å². The number of anilines is 1. The van der Waals surface area contributed by atoms with Crippen LogP contribution in [-0.2, 0) is 4.79 Å². The average Bonchev–Trinajstić information content (AvgIpc) is 2.84. The first kappa shape index (κ1) is 15.1. The number of halogens is 1. The van der Waals surface area contributed by atoms with Crippen LogP contribution in [0.1, 0.15) is 21.7 Å². The molecule has 2 aromatic rings. The van der Waals surface area contributed by atoms with Gasteiger partial charge < -0.3 is 14.8 Å². The number of nitrogens with one attached hydrogen (secondary N) is 1. The van der Waals surface area contributed by atoms with Crippen LogP contribution in [0.5, 0.6) is 0 Å². The number of carbonyl (C=O) groups excluding carboxylic acids is 1. The van der Waals surface area contributed by atoms with Crippen molar-refractivity contribution in [3.05, 3.63) is 58.0 Å². The van der Waals surface area contributed by atoms with E-state index < -0.39 is 5.97 Å². The second kappa shape index (κ2) is 6.41. The Labute approximate surface area is 129 Å². The summed E-state index contributed by atoms with van der Waals surface area (Å²) in [6, 6.07) is 7.96. The van der Waals surface area contributed by atoms with Crippen LogP contribution in [0.25, 0.3) is 6.08 Å². The predicted octanol–water partition coefficient (Wildman–Crippen LogP) is 3.70. The van der Waals surface area contributed by atoms with Gasteiger partial charge in [-0.1, -0.05) is 0 Å². The Kier molecular flexibility index (Phi) is 4.59. The van der Waals surface area contributed by atoms with Gasteiger partial charge in [0, 0.05) is 11.8 Å². The van der Waals surface area contributed by atoms with Gasteiger partial charge in [-0.2, -0.15) is 0 Å². The quantitative estimate of drug-likeness (QED) is 0.824. The highest BCUT2D eigenvalue weighted by Gasteiger charge is 2.07. The molecule has 0 aliphatic heterocycles. The molecule has 2 rings (SSSR count). The average molecular weight is 350 g/mol. The number of aromatic carboxylic acids is 1. The first-order valence-electron chi connectivity index (χ1n) is 6.04. The molecule has 0 saturated carbocycles. The topological polar surface area (TPSA) is 79.5 Å². The molecule has 0 aliphatic carbocycles. The molecular formula is C15H12BrNO4. The highest BCUT2D eigenvalue weighted by atomic mass is 79.9. The smallest absolute Gasteiger partial charge is 0.335 e. The van der Waals surface area contributed by atoms with E-state index in [-0.39, 0.29) is 11.5 Å². The zero-order chi connectivity index (χ0) is 15.4. The fraction of sp³-hybridized carbons (Fsp3) is 0.0667. The summed E-state index contributed by atoms with van der Waals surface area (Å²) in [4.78, 5) is 22.6. The fourth-order valence-corrected chi connectivity index (χ4v) is 2.01. The lowest BCUT2D eigenvalue weighted by Crippen LogP contribution is -2.09. The lowest BCUT2D eigenvalue weighted by molar-refractivity contribution is -0.111. The van der Waals surface area contributed by atoms with E-state index in [2.05, 4.69) is 21.2 Å². The van der Waals surface area contributed by atoms with Gasteiger partial charge in [0.25, 0.3) is 0 Å². The molecule has 1 heterocycles. The molecule has 108 valence electrons. The van der Waals surface area contributed by atoms with Gasteiger partial charge >= 0.3 is 5.97 Å².